The number of rotatable bonds is 3. The summed E-state index contributed by atoms with van der Waals surface area (Å²) in [5.74, 6) is 0. The van der Waals surface area contributed by atoms with Gasteiger partial charge in [0.2, 0.25) is 0 Å². The smallest absolute Gasteiger partial charge is 0.0346 e. The Morgan fingerprint density at radius 3 is 3.00 bits per heavy atom. The second-order valence-corrected chi connectivity index (χ2v) is 3.41. The third-order valence-corrected chi connectivity index (χ3v) is 2.42. The minimum atomic E-state index is 0.751. The maximum atomic E-state index is 5.51. The Morgan fingerprint density at radius 2 is 2.14 bits per heavy atom. The third kappa shape index (κ3) is 1.75. The van der Waals surface area contributed by atoms with Crippen LogP contribution in [-0.4, -0.2) is 11.5 Å². The molecular weight excluding hydrogens is 172 g/mol. The molecule has 0 saturated carbocycles. The number of pyridine rings is 1. The molecule has 2 aromatic rings. The van der Waals surface area contributed by atoms with Crippen LogP contribution in [0.3, 0.4) is 0 Å². The van der Waals surface area contributed by atoms with Crippen LogP contribution in [0, 0.1) is 0 Å². The molecule has 2 rings (SSSR count). The fourth-order valence-electron chi connectivity index (χ4n) is 1.70. The van der Waals surface area contributed by atoms with Crippen LogP contribution in [0.1, 0.15) is 12.0 Å². The predicted octanol–water partition coefficient (Wildman–Crippen LogP) is 2.13. The van der Waals surface area contributed by atoms with Crippen molar-refractivity contribution >= 4 is 10.8 Å². The first-order valence-corrected chi connectivity index (χ1v) is 4.93. The molecule has 1 heterocycles. The highest BCUT2D eigenvalue weighted by Gasteiger charge is 1.99. The van der Waals surface area contributed by atoms with E-state index in [1.165, 1.54) is 16.3 Å². The summed E-state index contributed by atoms with van der Waals surface area (Å²) in [6.07, 6.45) is 5.84. The van der Waals surface area contributed by atoms with Crippen molar-refractivity contribution in [3.63, 3.8) is 0 Å². The molecule has 1 aromatic carbocycles. The molecule has 0 saturated heterocycles. The van der Waals surface area contributed by atoms with Crippen molar-refractivity contribution in [1.82, 2.24) is 4.98 Å². The molecule has 2 N–H and O–H groups in total. The van der Waals surface area contributed by atoms with Gasteiger partial charge in [-0.05, 0) is 36.4 Å². The minimum Gasteiger partial charge on any atom is -0.330 e. The van der Waals surface area contributed by atoms with Gasteiger partial charge in [0.1, 0.15) is 0 Å². The predicted molar refractivity (Wildman–Crippen MR) is 59.1 cm³/mol. The topological polar surface area (TPSA) is 38.9 Å². The molecule has 0 bridgehead atoms. The lowest BCUT2D eigenvalue weighted by Crippen LogP contribution is -2.00. The molecule has 2 heteroatoms. The zero-order valence-corrected chi connectivity index (χ0v) is 8.11. The summed E-state index contributed by atoms with van der Waals surface area (Å²) < 4.78 is 0. The normalized spacial score (nSPS) is 10.6. The highest BCUT2D eigenvalue weighted by molar-refractivity contribution is 5.84. The van der Waals surface area contributed by atoms with Crippen LogP contribution in [0.25, 0.3) is 10.8 Å². The second-order valence-electron chi connectivity index (χ2n) is 3.41. The van der Waals surface area contributed by atoms with E-state index in [9.17, 15) is 0 Å². The van der Waals surface area contributed by atoms with Crippen molar-refractivity contribution in [3.8, 4) is 0 Å². The van der Waals surface area contributed by atoms with Gasteiger partial charge in [0.05, 0.1) is 0 Å². The molecule has 0 aliphatic rings. The van der Waals surface area contributed by atoms with E-state index >= 15 is 0 Å². The van der Waals surface area contributed by atoms with E-state index in [1.807, 2.05) is 12.4 Å². The minimum absolute atomic E-state index is 0.751. The maximum absolute atomic E-state index is 5.51. The van der Waals surface area contributed by atoms with Gasteiger partial charge >= 0.3 is 0 Å². The summed E-state index contributed by atoms with van der Waals surface area (Å²) in [4.78, 5) is 4.11. The lowest BCUT2D eigenvalue weighted by molar-refractivity contribution is 0.837. The van der Waals surface area contributed by atoms with Gasteiger partial charge in [-0.1, -0.05) is 18.2 Å². The van der Waals surface area contributed by atoms with Crippen LogP contribution in [0.5, 0.6) is 0 Å². The lowest BCUT2D eigenvalue weighted by atomic mass is 10.0. The van der Waals surface area contributed by atoms with Gasteiger partial charge in [-0.15, -0.1) is 0 Å². The first kappa shape index (κ1) is 9.16. The first-order valence-electron chi connectivity index (χ1n) is 4.93. The molecule has 0 amide bonds. The van der Waals surface area contributed by atoms with Crippen molar-refractivity contribution in [2.24, 2.45) is 5.73 Å². The Labute approximate surface area is 83.8 Å². The molecule has 1 aromatic heterocycles. The SMILES string of the molecule is NCCCc1cccc2cnccc12. The Balaban J connectivity index is 2.43. The zero-order chi connectivity index (χ0) is 9.80. The molecule has 2 nitrogen and oxygen atoms in total. The fraction of sp³-hybridized carbons (Fsp3) is 0.250. The first-order chi connectivity index (χ1) is 6.92. The molecule has 0 fully saturated rings. The molecule has 0 atom stereocenters. The Morgan fingerprint density at radius 1 is 1.21 bits per heavy atom. The second kappa shape index (κ2) is 4.20. The van der Waals surface area contributed by atoms with Crippen LogP contribution in [-0.2, 0) is 6.42 Å². The number of fused-ring (bicyclic) bond motifs is 1. The average molecular weight is 186 g/mol. The molecule has 0 radical (unpaired) electrons. The van der Waals surface area contributed by atoms with E-state index in [-0.39, 0.29) is 0 Å². The maximum Gasteiger partial charge on any atom is 0.0346 e. The van der Waals surface area contributed by atoms with Crippen LogP contribution >= 0.6 is 0 Å². The monoisotopic (exact) mass is 186 g/mol. The van der Waals surface area contributed by atoms with Gasteiger partial charge in [-0.25, -0.2) is 0 Å². The third-order valence-electron chi connectivity index (χ3n) is 2.42. The van der Waals surface area contributed by atoms with E-state index in [0.717, 1.165) is 19.4 Å². The van der Waals surface area contributed by atoms with Crippen LogP contribution < -0.4 is 5.73 Å². The Hall–Kier alpha value is -1.41. The Kier molecular flexibility index (Phi) is 2.75. The fourth-order valence-corrected chi connectivity index (χ4v) is 1.70. The molecule has 0 aliphatic heterocycles. The quantitative estimate of drug-likeness (QED) is 0.797. The summed E-state index contributed by atoms with van der Waals surface area (Å²) >= 11 is 0. The molecule has 0 unspecified atom stereocenters. The number of hydrogen-bond acceptors (Lipinski definition) is 2. The van der Waals surface area contributed by atoms with Gasteiger partial charge in [0.25, 0.3) is 0 Å². The van der Waals surface area contributed by atoms with Crippen molar-refractivity contribution in [1.29, 1.82) is 0 Å². The van der Waals surface area contributed by atoms with Gasteiger partial charge in [-0.2, -0.15) is 0 Å². The number of aryl methyl sites for hydroxylation is 1. The molecule has 0 spiro atoms. The van der Waals surface area contributed by atoms with E-state index in [1.54, 1.807) is 0 Å². The largest absolute Gasteiger partial charge is 0.330 e. The van der Waals surface area contributed by atoms with Crippen molar-refractivity contribution < 1.29 is 0 Å². The van der Waals surface area contributed by atoms with Crippen LogP contribution in [0.2, 0.25) is 0 Å². The van der Waals surface area contributed by atoms with E-state index in [0.29, 0.717) is 0 Å². The number of aromatic nitrogens is 1. The summed E-state index contributed by atoms with van der Waals surface area (Å²) in [6, 6.07) is 8.41. The Bertz CT molecular complexity index is 418. The zero-order valence-electron chi connectivity index (χ0n) is 8.11. The molecule has 0 aliphatic carbocycles. The summed E-state index contributed by atoms with van der Waals surface area (Å²) in [5.41, 5.74) is 6.88. The van der Waals surface area contributed by atoms with Crippen molar-refractivity contribution in [3.05, 3.63) is 42.2 Å². The molecule has 72 valence electrons. The van der Waals surface area contributed by atoms with Crippen LogP contribution in [0.15, 0.2) is 36.7 Å². The molecular formula is C12H14N2. The van der Waals surface area contributed by atoms with E-state index in [2.05, 4.69) is 29.2 Å². The average Bonchev–Trinajstić information content (AvgIpc) is 2.26. The van der Waals surface area contributed by atoms with Gasteiger partial charge < -0.3 is 5.73 Å². The standard InChI is InChI=1S/C12H14N2/c13-7-2-5-10-3-1-4-11-9-14-8-6-12(10)11/h1,3-4,6,8-9H,2,5,7,13H2. The summed E-state index contributed by atoms with van der Waals surface area (Å²) in [5, 5.41) is 2.51. The van der Waals surface area contributed by atoms with E-state index in [4.69, 9.17) is 5.73 Å². The van der Waals surface area contributed by atoms with Gasteiger partial charge in [-0.3, -0.25) is 4.98 Å². The number of hydrogen-bond donors (Lipinski definition) is 1. The lowest BCUT2D eigenvalue weighted by Gasteiger charge is -2.04. The van der Waals surface area contributed by atoms with E-state index < -0.39 is 0 Å². The van der Waals surface area contributed by atoms with Crippen molar-refractivity contribution in [2.75, 3.05) is 6.54 Å². The number of benzene rings is 1. The molecule has 14 heavy (non-hydrogen) atoms. The van der Waals surface area contributed by atoms with Crippen LogP contribution in [0.4, 0.5) is 0 Å². The summed E-state index contributed by atoms with van der Waals surface area (Å²) in [6.45, 7) is 0.751. The van der Waals surface area contributed by atoms with Gasteiger partial charge in [0.15, 0.2) is 0 Å². The van der Waals surface area contributed by atoms with Crippen molar-refractivity contribution in [2.45, 2.75) is 12.8 Å². The highest BCUT2D eigenvalue weighted by atomic mass is 14.6. The number of nitrogens with zero attached hydrogens (tertiary/aromatic N) is 1. The van der Waals surface area contributed by atoms with Gasteiger partial charge in [0, 0.05) is 17.8 Å². The highest BCUT2D eigenvalue weighted by Crippen LogP contribution is 2.18. The number of nitrogens with two attached hydrogens (primary N) is 1. The summed E-state index contributed by atoms with van der Waals surface area (Å²) in [7, 11) is 0.